The lowest BCUT2D eigenvalue weighted by atomic mass is 10.2. The van der Waals surface area contributed by atoms with Crippen molar-refractivity contribution in [3.8, 4) is 0 Å². The average molecular weight is 500 g/mol. The predicted molar refractivity (Wildman–Crippen MR) is 141 cm³/mol. The zero-order chi connectivity index (χ0) is 25.4. The Morgan fingerprint density at radius 3 is 1.67 bits per heavy atom. The maximum atomic E-state index is 11.4. The summed E-state index contributed by atoms with van der Waals surface area (Å²) in [5.41, 5.74) is 4.66. The third-order valence-electron chi connectivity index (χ3n) is 5.33. The molecule has 36 heavy (non-hydrogen) atoms. The minimum Gasteiger partial charge on any atom is -0.367 e. The number of nitrogens with zero attached hydrogens (tertiary/aromatic N) is 5. The second kappa shape index (κ2) is 11.5. The summed E-state index contributed by atoms with van der Waals surface area (Å²) in [6, 6.07) is 30.8. The molecule has 0 unspecified atom stereocenters. The first-order valence-corrected chi connectivity index (χ1v) is 12.7. The first kappa shape index (κ1) is 24.9. The Bertz CT molecular complexity index is 1450. The highest BCUT2D eigenvalue weighted by Gasteiger charge is 2.11. The number of benzene rings is 4. The van der Waals surface area contributed by atoms with Gasteiger partial charge in [0.25, 0.3) is 10.1 Å². The van der Waals surface area contributed by atoms with E-state index in [2.05, 4.69) is 25.4 Å². The zero-order valence-corrected chi connectivity index (χ0v) is 20.5. The van der Waals surface area contributed by atoms with Gasteiger partial charge in [0, 0.05) is 18.8 Å². The predicted octanol–water partition coefficient (Wildman–Crippen LogP) is 7.79. The zero-order valence-electron chi connectivity index (χ0n) is 19.6. The third-order valence-corrected chi connectivity index (χ3v) is 6.18. The highest BCUT2D eigenvalue weighted by Crippen LogP contribution is 2.26. The van der Waals surface area contributed by atoms with Gasteiger partial charge < -0.3 is 4.90 Å². The fourth-order valence-electron chi connectivity index (χ4n) is 3.45. The topological polar surface area (TPSA) is 107 Å². The molecule has 182 valence electrons. The third kappa shape index (κ3) is 6.91. The van der Waals surface area contributed by atoms with Crippen molar-refractivity contribution >= 4 is 38.6 Å². The molecule has 0 saturated carbocycles. The number of hydrogen-bond donors (Lipinski definition) is 1. The van der Waals surface area contributed by atoms with E-state index >= 15 is 0 Å². The molecule has 8 nitrogen and oxygen atoms in total. The van der Waals surface area contributed by atoms with E-state index in [-0.39, 0.29) is 4.90 Å². The van der Waals surface area contributed by atoms with Crippen molar-refractivity contribution in [1.82, 2.24) is 0 Å². The van der Waals surface area contributed by atoms with E-state index in [1.165, 1.54) is 12.1 Å². The monoisotopic (exact) mass is 499 g/mol. The van der Waals surface area contributed by atoms with Gasteiger partial charge in [0.1, 0.15) is 0 Å². The molecule has 0 aliphatic rings. The molecule has 0 heterocycles. The van der Waals surface area contributed by atoms with Crippen molar-refractivity contribution < 1.29 is 13.0 Å². The molecular weight excluding hydrogens is 474 g/mol. The van der Waals surface area contributed by atoms with Crippen molar-refractivity contribution in [3.63, 3.8) is 0 Å². The Kier molecular flexibility index (Phi) is 7.94. The lowest BCUT2D eigenvalue weighted by Gasteiger charge is -2.23. The second-order valence-electron chi connectivity index (χ2n) is 7.90. The van der Waals surface area contributed by atoms with E-state index in [0.29, 0.717) is 24.5 Å². The van der Waals surface area contributed by atoms with Gasteiger partial charge in [-0.25, -0.2) is 0 Å². The minimum atomic E-state index is -4.24. The summed E-state index contributed by atoms with van der Waals surface area (Å²) in [6.07, 6.45) is 0. The van der Waals surface area contributed by atoms with Crippen LogP contribution >= 0.6 is 0 Å². The Morgan fingerprint density at radius 2 is 1.17 bits per heavy atom. The van der Waals surface area contributed by atoms with Crippen molar-refractivity contribution in [2.75, 3.05) is 11.4 Å². The molecule has 0 atom stereocenters. The molecule has 0 spiro atoms. The molecule has 0 saturated heterocycles. The van der Waals surface area contributed by atoms with E-state index in [0.717, 1.165) is 22.6 Å². The molecule has 0 fully saturated rings. The summed E-state index contributed by atoms with van der Waals surface area (Å²) in [4.78, 5) is 1.98. The normalized spacial score (nSPS) is 11.8. The van der Waals surface area contributed by atoms with Crippen LogP contribution in [0.3, 0.4) is 0 Å². The van der Waals surface area contributed by atoms with Gasteiger partial charge in [-0.3, -0.25) is 4.55 Å². The Labute approximate surface area is 210 Å². The van der Waals surface area contributed by atoms with Gasteiger partial charge in [-0.1, -0.05) is 30.3 Å². The summed E-state index contributed by atoms with van der Waals surface area (Å²) in [7, 11) is -4.24. The molecule has 9 heteroatoms. The van der Waals surface area contributed by atoms with Gasteiger partial charge in [0.05, 0.1) is 27.6 Å². The van der Waals surface area contributed by atoms with Crippen LogP contribution in [0.25, 0.3) is 0 Å². The highest BCUT2D eigenvalue weighted by molar-refractivity contribution is 7.85. The average Bonchev–Trinajstić information content (AvgIpc) is 2.90. The molecule has 0 amide bonds. The van der Waals surface area contributed by atoms with Gasteiger partial charge in [-0.05, 0) is 85.3 Å². The van der Waals surface area contributed by atoms with E-state index in [1.807, 2.05) is 91.9 Å². The van der Waals surface area contributed by atoms with Gasteiger partial charge >= 0.3 is 0 Å². The van der Waals surface area contributed by atoms with Crippen molar-refractivity contribution in [2.24, 2.45) is 20.5 Å². The van der Waals surface area contributed by atoms with Crippen LogP contribution in [0, 0.1) is 0 Å². The van der Waals surface area contributed by atoms with Crippen LogP contribution in [0.4, 0.5) is 28.4 Å². The lowest BCUT2D eigenvalue weighted by Crippen LogP contribution is -2.22. The van der Waals surface area contributed by atoms with E-state index < -0.39 is 10.1 Å². The summed E-state index contributed by atoms with van der Waals surface area (Å²) in [6.45, 7) is 3.23. The quantitative estimate of drug-likeness (QED) is 0.187. The van der Waals surface area contributed by atoms with Crippen LogP contribution in [0.5, 0.6) is 0 Å². The van der Waals surface area contributed by atoms with E-state index in [4.69, 9.17) is 0 Å². The summed E-state index contributed by atoms with van der Waals surface area (Å²) >= 11 is 0. The van der Waals surface area contributed by atoms with Gasteiger partial charge in [0.2, 0.25) is 0 Å². The van der Waals surface area contributed by atoms with Gasteiger partial charge in [-0.15, -0.1) is 0 Å². The fraction of sp³-hybridized carbons (Fsp3) is 0.111. The molecule has 0 aliphatic carbocycles. The van der Waals surface area contributed by atoms with Crippen molar-refractivity contribution in [3.05, 3.63) is 109 Å². The molecule has 4 aromatic carbocycles. The van der Waals surface area contributed by atoms with Crippen LogP contribution in [0.2, 0.25) is 0 Å². The van der Waals surface area contributed by atoms with E-state index in [1.54, 1.807) is 6.07 Å². The van der Waals surface area contributed by atoms with Crippen molar-refractivity contribution in [1.29, 1.82) is 0 Å². The second-order valence-corrected chi connectivity index (χ2v) is 9.33. The lowest BCUT2D eigenvalue weighted by molar-refractivity contribution is 0.483. The largest absolute Gasteiger partial charge is 0.367 e. The number of hydrogen-bond acceptors (Lipinski definition) is 7. The molecule has 0 aliphatic heterocycles. The SMILES string of the molecule is CCN(Cc1cccc(S(=O)(=O)O)c1)c1ccc(N=Nc2ccc(N=Nc3ccccc3)cc2)cc1. The Morgan fingerprint density at radius 1 is 0.667 bits per heavy atom. The smallest absolute Gasteiger partial charge is 0.294 e. The number of azo groups is 2. The van der Waals surface area contributed by atoms with Gasteiger partial charge in [0.15, 0.2) is 0 Å². The van der Waals surface area contributed by atoms with Crippen LogP contribution in [0.1, 0.15) is 12.5 Å². The minimum absolute atomic E-state index is 0.112. The Balaban J connectivity index is 1.39. The summed E-state index contributed by atoms with van der Waals surface area (Å²) < 4.78 is 32.1. The van der Waals surface area contributed by atoms with Crippen LogP contribution < -0.4 is 4.90 Å². The highest BCUT2D eigenvalue weighted by atomic mass is 32.2. The fourth-order valence-corrected chi connectivity index (χ4v) is 4.00. The number of anilines is 1. The summed E-state index contributed by atoms with van der Waals surface area (Å²) in [5.74, 6) is 0. The molecule has 1 N–H and O–H groups in total. The van der Waals surface area contributed by atoms with Crippen LogP contribution in [-0.2, 0) is 16.7 Å². The number of rotatable bonds is 9. The first-order valence-electron chi connectivity index (χ1n) is 11.3. The van der Waals surface area contributed by atoms with Crippen LogP contribution in [0.15, 0.2) is 128 Å². The maximum Gasteiger partial charge on any atom is 0.294 e. The van der Waals surface area contributed by atoms with Gasteiger partial charge in [-0.2, -0.15) is 28.9 Å². The molecule has 0 radical (unpaired) electrons. The molecule has 4 aromatic rings. The Hall–Kier alpha value is -4.21. The first-order chi connectivity index (χ1) is 17.4. The summed E-state index contributed by atoms with van der Waals surface area (Å²) in [5, 5.41) is 17.0. The molecule has 4 rings (SSSR count). The molecular formula is C27H25N5O3S. The van der Waals surface area contributed by atoms with E-state index in [9.17, 15) is 13.0 Å². The van der Waals surface area contributed by atoms with Crippen molar-refractivity contribution in [2.45, 2.75) is 18.4 Å². The molecule has 0 bridgehead atoms. The standard InChI is InChI=1S/C27H25N5O3S/c1-2-32(20-21-7-6-10-27(19-21)36(33,34)35)26-17-15-25(16-18-26)31-30-24-13-11-23(12-14-24)29-28-22-8-4-3-5-9-22/h3-19H,2,20H2,1H3,(H,33,34,35). The molecule has 0 aromatic heterocycles. The maximum absolute atomic E-state index is 11.4. The van der Waals surface area contributed by atoms with Crippen LogP contribution in [-0.4, -0.2) is 19.5 Å².